The number of carbonyl (C=O) groups excluding carboxylic acids is 1. The molecule has 0 bridgehead atoms. The second-order valence-corrected chi connectivity index (χ2v) is 4.08. The molecule has 10 heteroatoms. The topological polar surface area (TPSA) is 110 Å². The van der Waals surface area contributed by atoms with Crippen LogP contribution < -0.4 is 16.6 Å². The maximum Gasteiger partial charge on any atom is 0.389 e. The highest BCUT2D eigenvalue weighted by Gasteiger charge is 2.26. The van der Waals surface area contributed by atoms with Crippen LogP contribution in [-0.2, 0) is 0 Å². The second kappa shape index (κ2) is 6.88. The standard InChI is InChI=1S/C11H13F3N4O3/c12-11(13,14)5-2-6-16-10(19)7-3-1-4-8(18(20)21)9(7)17-15/h1,3-4,17H,2,5-6,15H2,(H,16,19). The van der Waals surface area contributed by atoms with E-state index in [0.29, 0.717) is 0 Å². The van der Waals surface area contributed by atoms with Crippen LogP contribution in [0.4, 0.5) is 24.5 Å². The lowest BCUT2D eigenvalue weighted by atomic mass is 10.1. The molecule has 1 amide bonds. The van der Waals surface area contributed by atoms with E-state index < -0.39 is 29.1 Å². The summed E-state index contributed by atoms with van der Waals surface area (Å²) in [5.41, 5.74) is 1.35. The van der Waals surface area contributed by atoms with Crippen molar-refractivity contribution in [1.82, 2.24) is 5.32 Å². The van der Waals surface area contributed by atoms with E-state index in [4.69, 9.17) is 5.84 Å². The van der Waals surface area contributed by atoms with Gasteiger partial charge in [-0.3, -0.25) is 20.8 Å². The monoisotopic (exact) mass is 306 g/mol. The van der Waals surface area contributed by atoms with Crippen molar-refractivity contribution in [3.05, 3.63) is 33.9 Å². The van der Waals surface area contributed by atoms with E-state index in [2.05, 4.69) is 10.7 Å². The molecule has 0 saturated heterocycles. The number of nitrogens with zero attached hydrogens (tertiary/aromatic N) is 1. The van der Waals surface area contributed by atoms with Crippen LogP contribution in [0, 0.1) is 10.1 Å². The van der Waals surface area contributed by atoms with Gasteiger partial charge >= 0.3 is 6.18 Å². The Kier molecular flexibility index (Phi) is 5.47. The number of halogens is 3. The second-order valence-electron chi connectivity index (χ2n) is 4.08. The molecule has 0 aliphatic rings. The highest BCUT2D eigenvalue weighted by Crippen LogP contribution is 2.27. The normalized spacial score (nSPS) is 11.0. The van der Waals surface area contributed by atoms with Crippen molar-refractivity contribution < 1.29 is 22.9 Å². The molecule has 0 radical (unpaired) electrons. The van der Waals surface area contributed by atoms with Gasteiger partial charge in [0.05, 0.1) is 10.5 Å². The first-order valence-corrected chi connectivity index (χ1v) is 5.85. The fourth-order valence-electron chi connectivity index (χ4n) is 1.62. The van der Waals surface area contributed by atoms with E-state index in [1.54, 1.807) is 0 Å². The molecule has 0 atom stereocenters. The number of alkyl halides is 3. The van der Waals surface area contributed by atoms with Crippen molar-refractivity contribution in [3.63, 3.8) is 0 Å². The van der Waals surface area contributed by atoms with Gasteiger partial charge in [-0.1, -0.05) is 6.07 Å². The molecule has 0 aromatic heterocycles. The van der Waals surface area contributed by atoms with Gasteiger partial charge in [-0.05, 0) is 12.5 Å². The van der Waals surface area contributed by atoms with Crippen LogP contribution in [0.2, 0.25) is 0 Å². The summed E-state index contributed by atoms with van der Waals surface area (Å²) in [6, 6.07) is 3.71. The van der Waals surface area contributed by atoms with E-state index in [-0.39, 0.29) is 24.2 Å². The summed E-state index contributed by atoms with van der Waals surface area (Å²) < 4.78 is 35.8. The third-order valence-corrected chi connectivity index (χ3v) is 2.55. The van der Waals surface area contributed by atoms with E-state index >= 15 is 0 Å². The molecule has 0 heterocycles. The predicted molar refractivity (Wildman–Crippen MR) is 68.5 cm³/mol. The van der Waals surface area contributed by atoms with Crippen LogP contribution in [0.1, 0.15) is 23.2 Å². The molecule has 7 nitrogen and oxygen atoms in total. The Morgan fingerprint density at radius 3 is 2.57 bits per heavy atom. The van der Waals surface area contributed by atoms with Gasteiger partial charge in [0.2, 0.25) is 0 Å². The van der Waals surface area contributed by atoms with E-state index in [9.17, 15) is 28.1 Å². The number of benzene rings is 1. The highest BCUT2D eigenvalue weighted by molar-refractivity contribution is 6.01. The third kappa shape index (κ3) is 4.91. The number of carbonyl (C=O) groups is 1. The number of rotatable bonds is 6. The summed E-state index contributed by atoms with van der Waals surface area (Å²) in [6.45, 7) is -0.203. The van der Waals surface area contributed by atoms with E-state index in [1.807, 2.05) is 0 Å². The Balaban J connectivity index is 2.74. The highest BCUT2D eigenvalue weighted by atomic mass is 19.4. The smallest absolute Gasteiger partial charge is 0.352 e. The van der Waals surface area contributed by atoms with Crippen molar-refractivity contribution in [3.8, 4) is 0 Å². The molecule has 0 aliphatic heterocycles. The zero-order valence-electron chi connectivity index (χ0n) is 10.7. The molecular weight excluding hydrogens is 293 g/mol. The lowest BCUT2D eigenvalue weighted by molar-refractivity contribution is -0.384. The Morgan fingerprint density at radius 1 is 1.38 bits per heavy atom. The average Bonchev–Trinajstić information content (AvgIpc) is 2.41. The minimum Gasteiger partial charge on any atom is -0.352 e. The first-order valence-electron chi connectivity index (χ1n) is 5.85. The molecule has 116 valence electrons. The van der Waals surface area contributed by atoms with Gasteiger partial charge in [-0.25, -0.2) is 0 Å². The average molecular weight is 306 g/mol. The van der Waals surface area contributed by atoms with Gasteiger partial charge in [0, 0.05) is 19.0 Å². The first-order chi connectivity index (χ1) is 9.76. The number of nitrogen functional groups attached to an aromatic ring is 1. The minimum absolute atomic E-state index is 0.112. The van der Waals surface area contributed by atoms with Crippen LogP contribution in [0.3, 0.4) is 0 Å². The van der Waals surface area contributed by atoms with Crippen LogP contribution >= 0.6 is 0 Å². The lowest BCUT2D eigenvalue weighted by Gasteiger charge is -2.10. The summed E-state index contributed by atoms with van der Waals surface area (Å²) in [5.74, 6) is 4.41. The lowest BCUT2D eigenvalue weighted by Crippen LogP contribution is -2.27. The summed E-state index contributed by atoms with van der Waals surface area (Å²) in [6.07, 6.45) is -5.60. The van der Waals surface area contributed by atoms with E-state index in [0.717, 1.165) is 6.07 Å². The van der Waals surface area contributed by atoms with Crippen molar-refractivity contribution in [2.75, 3.05) is 12.0 Å². The number of hydrogen-bond donors (Lipinski definition) is 3. The third-order valence-electron chi connectivity index (χ3n) is 2.55. The predicted octanol–water partition coefficient (Wildman–Crippen LogP) is 1.95. The maximum atomic E-state index is 11.9. The van der Waals surface area contributed by atoms with Gasteiger partial charge in [-0.15, -0.1) is 0 Å². The van der Waals surface area contributed by atoms with Crippen LogP contribution in [0.25, 0.3) is 0 Å². The van der Waals surface area contributed by atoms with Crippen molar-refractivity contribution in [2.24, 2.45) is 5.84 Å². The fraction of sp³-hybridized carbons (Fsp3) is 0.364. The fourth-order valence-corrected chi connectivity index (χ4v) is 1.62. The molecule has 0 aliphatic carbocycles. The van der Waals surface area contributed by atoms with Crippen molar-refractivity contribution in [1.29, 1.82) is 0 Å². The van der Waals surface area contributed by atoms with Gasteiger partial charge in [-0.2, -0.15) is 13.2 Å². The number of hydrazine groups is 1. The number of hydrogen-bond acceptors (Lipinski definition) is 5. The molecule has 1 aromatic rings. The van der Waals surface area contributed by atoms with Crippen LogP contribution in [-0.4, -0.2) is 23.6 Å². The molecule has 1 rings (SSSR count). The quantitative estimate of drug-likeness (QED) is 0.322. The zero-order valence-corrected chi connectivity index (χ0v) is 10.7. The van der Waals surface area contributed by atoms with Gasteiger partial charge < -0.3 is 10.7 Å². The summed E-state index contributed by atoms with van der Waals surface area (Å²) in [5, 5.41) is 13.0. The molecule has 4 N–H and O–H groups in total. The number of nitro benzene ring substituents is 1. The SMILES string of the molecule is NNc1c(C(=O)NCCCC(F)(F)F)cccc1[N+](=O)[O-]. The molecule has 0 spiro atoms. The first kappa shape index (κ1) is 16.7. The van der Waals surface area contributed by atoms with Crippen LogP contribution in [0.15, 0.2) is 18.2 Å². The number of nitro groups is 1. The molecular formula is C11H13F3N4O3. The van der Waals surface area contributed by atoms with Crippen molar-refractivity contribution in [2.45, 2.75) is 19.0 Å². The Hall–Kier alpha value is -2.36. The Bertz CT molecular complexity index is 534. The minimum atomic E-state index is -4.29. The van der Waals surface area contributed by atoms with E-state index in [1.165, 1.54) is 12.1 Å². The number of nitrogens with one attached hydrogen (secondary N) is 2. The Morgan fingerprint density at radius 2 is 2.05 bits per heavy atom. The van der Waals surface area contributed by atoms with Gasteiger partial charge in [0.25, 0.3) is 11.6 Å². The summed E-state index contributed by atoms with van der Waals surface area (Å²) in [7, 11) is 0. The van der Waals surface area contributed by atoms with Crippen LogP contribution in [0.5, 0.6) is 0 Å². The molecule has 0 saturated carbocycles. The number of para-hydroxylation sites is 1. The molecule has 1 aromatic carbocycles. The number of amides is 1. The number of nitrogens with two attached hydrogens (primary N) is 1. The Labute approximate surface area is 117 Å². The summed E-state index contributed by atoms with van der Waals surface area (Å²) >= 11 is 0. The van der Waals surface area contributed by atoms with Crippen molar-refractivity contribution >= 4 is 17.3 Å². The molecule has 0 fully saturated rings. The molecule has 21 heavy (non-hydrogen) atoms. The van der Waals surface area contributed by atoms with Gasteiger partial charge in [0.15, 0.2) is 0 Å². The largest absolute Gasteiger partial charge is 0.389 e. The zero-order chi connectivity index (χ0) is 16.0. The summed E-state index contributed by atoms with van der Waals surface area (Å²) in [4.78, 5) is 21.9. The number of anilines is 1. The molecule has 0 unspecified atom stereocenters. The van der Waals surface area contributed by atoms with Gasteiger partial charge in [0.1, 0.15) is 5.69 Å². The maximum absolute atomic E-state index is 11.9.